The molecule has 1 atom stereocenters. The Morgan fingerprint density at radius 1 is 1.32 bits per heavy atom. The number of amides is 1. The van der Waals surface area contributed by atoms with Crippen LogP contribution in [0.25, 0.3) is 0 Å². The van der Waals surface area contributed by atoms with Crippen molar-refractivity contribution in [1.82, 2.24) is 10.2 Å². The highest BCUT2D eigenvalue weighted by Gasteiger charge is 2.23. The van der Waals surface area contributed by atoms with Gasteiger partial charge in [0.1, 0.15) is 0 Å². The van der Waals surface area contributed by atoms with Crippen LogP contribution in [0.5, 0.6) is 0 Å². The van der Waals surface area contributed by atoms with Gasteiger partial charge in [-0.25, -0.2) is 0 Å². The Kier molecular flexibility index (Phi) is 6.96. The lowest BCUT2D eigenvalue weighted by molar-refractivity contribution is -0.121. The zero-order chi connectivity index (χ0) is 15.9. The molecule has 0 spiro atoms. The molecule has 1 fully saturated rings. The van der Waals surface area contributed by atoms with Crippen molar-refractivity contribution in [1.29, 1.82) is 0 Å². The quantitative estimate of drug-likeness (QED) is 0.834. The molecule has 0 radical (unpaired) electrons. The first kappa shape index (κ1) is 17.5. The summed E-state index contributed by atoms with van der Waals surface area (Å²) in [6, 6.07) is 6.13. The minimum atomic E-state index is 0.0301. The van der Waals surface area contributed by atoms with E-state index in [-0.39, 0.29) is 5.91 Å². The fraction of sp³-hybridized carbons (Fsp3) is 0.562. The molecule has 0 aromatic heterocycles. The molecule has 1 heterocycles. The zero-order valence-corrected chi connectivity index (χ0v) is 14.2. The van der Waals surface area contributed by atoms with Crippen LogP contribution < -0.4 is 11.1 Å². The fourth-order valence-corrected chi connectivity index (χ4v) is 3.14. The fourth-order valence-electron chi connectivity index (χ4n) is 2.82. The Bertz CT molecular complexity index is 510. The van der Waals surface area contributed by atoms with Crippen LogP contribution in [0.2, 0.25) is 10.0 Å². The van der Waals surface area contributed by atoms with E-state index in [1.807, 2.05) is 18.2 Å². The molecule has 122 valence electrons. The largest absolute Gasteiger partial charge is 0.354 e. The number of carbonyl (C=O) groups is 1. The Labute approximate surface area is 141 Å². The van der Waals surface area contributed by atoms with Gasteiger partial charge in [0.25, 0.3) is 0 Å². The maximum atomic E-state index is 11.6. The maximum absolute atomic E-state index is 11.6. The van der Waals surface area contributed by atoms with Crippen LogP contribution in [0.15, 0.2) is 18.2 Å². The lowest BCUT2D eigenvalue weighted by atomic mass is 10.0. The predicted octanol–water partition coefficient (Wildman–Crippen LogP) is 2.81. The number of nitrogens with two attached hydrogens (primary N) is 1. The first-order valence-electron chi connectivity index (χ1n) is 7.75. The molecule has 6 heteroatoms. The summed E-state index contributed by atoms with van der Waals surface area (Å²) in [6.45, 7) is 2.94. The summed E-state index contributed by atoms with van der Waals surface area (Å²) in [5.41, 5.74) is 6.55. The Morgan fingerprint density at radius 2 is 2.14 bits per heavy atom. The van der Waals surface area contributed by atoms with Crippen LogP contribution in [-0.4, -0.2) is 36.5 Å². The molecule has 0 aliphatic carbocycles. The molecule has 3 N–H and O–H groups in total. The Morgan fingerprint density at radius 3 is 2.86 bits per heavy atom. The van der Waals surface area contributed by atoms with Gasteiger partial charge in [-0.1, -0.05) is 35.7 Å². The number of hydrogen-bond acceptors (Lipinski definition) is 3. The van der Waals surface area contributed by atoms with Crippen LogP contribution in [0, 0.1) is 0 Å². The summed E-state index contributed by atoms with van der Waals surface area (Å²) < 4.78 is 0. The van der Waals surface area contributed by atoms with Gasteiger partial charge in [0.15, 0.2) is 0 Å². The van der Waals surface area contributed by atoms with E-state index in [1.54, 1.807) is 0 Å². The van der Waals surface area contributed by atoms with Crippen LogP contribution in [0.3, 0.4) is 0 Å². The molecule has 1 aliphatic rings. The summed E-state index contributed by atoms with van der Waals surface area (Å²) in [5.74, 6) is 0.0301. The van der Waals surface area contributed by atoms with Gasteiger partial charge in [-0.2, -0.15) is 0 Å². The number of halogens is 2. The van der Waals surface area contributed by atoms with Crippen molar-refractivity contribution in [2.45, 2.75) is 38.3 Å². The monoisotopic (exact) mass is 343 g/mol. The predicted molar refractivity (Wildman–Crippen MR) is 91.2 cm³/mol. The molecule has 1 aliphatic heterocycles. The normalized spacial score (nSPS) is 19.1. The molecule has 2 rings (SSSR count). The van der Waals surface area contributed by atoms with Gasteiger partial charge in [0.2, 0.25) is 5.91 Å². The Balaban J connectivity index is 1.94. The van der Waals surface area contributed by atoms with E-state index in [0.29, 0.717) is 35.6 Å². The molecule has 0 saturated carbocycles. The van der Waals surface area contributed by atoms with Gasteiger partial charge in [-0.05, 0) is 37.1 Å². The third kappa shape index (κ3) is 5.13. The van der Waals surface area contributed by atoms with Crippen LogP contribution in [0.4, 0.5) is 0 Å². The summed E-state index contributed by atoms with van der Waals surface area (Å²) in [7, 11) is 0. The molecule has 0 bridgehead atoms. The van der Waals surface area contributed by atoms with Gasteiger partial charge in [-0.15, -0.1) is 0 Å². The standard InChI is InChI=1S/C16H23Cl2N3O/c17-14-5-4-12(9-15(14)18)11-21-8-2-1-3-13(21)10-20-16(22)6-7-19/h4-5,9,13H,1-3,6-8,10-11,19H2,(H,20,22). The smallest absolute Gasteiger partial charge is 0.221 e. The molecule has 22 heavy (non-hydrogen) atoms. The van der Waals surface area contributed by atoms with Gasteiger partial charge >= 0.3 is 0 Å². The topological polar surface area (TPSA) is 58.4 Å². The number of hydrogen-bond donors (Lipinski definition) is 2. The van der Waals surface area contributed by atoms with Gasteiger partial charge in [0.05, 0.1) is 10.0 Å². The lowest BCUT2D eigenvalue weighted by Gasteiger charge is -2.36. The Hall–Kier alpha value is -0.810. The zero-order valence-electron chi connectivity index (χ0n) is 12.7. The van der Waals surface area contributed by atoms with E-state index in [9.17, 15) is 4.79 Å². The summed E-state index contributed by atoms with van der Waals surface area (Å²) in [5, 5.41) is 4.15. The second kappa shape index (κ2) is 8.73. The highest BCUT2D eigenvalue weighted by atomic mass is 35.5. The average Bonchev–Trinajstić information content (AvgIpc) is 2.50. The molecule has 1 amide bonds. The van der Waals surface area contributed by atoms with E-state index >= 15 is 0 Å². The third-order valence-electron chi connectivity index (χ3n) is 4.03. The number of nitrogens with one attached hydrogen (secondary N) is 1. The van der Waals surface area contributed by atoms with Crippen LogP contribution in [-0.2, 0) is 11.3 Å². The third-order valence-corrected chi connectivity index (χ3v) is 4.76. The average molecular weight is 344 g/mol. The van der Waals surface area contributed by atoms with Crippen molar-refractivity contribution in [3.63, 3.8) is 0 Å². The number of benzene rings is 1. The van der Waals surface area contributed by atoms with Crippen LogP contribution >= 0.6 is 23.2 Å². The number of rotatable bonds is 6. The molecule has 1 saturated heterocycles. The van der Waals surface area contributed by atoms with E-state index in [4.69, 9.17) is 28.9 Å². The van der Waals surface area contributed by atoms with Crippen molar-refractivity contribution < 1.29 is 4.79 Å². The first-order valence-corrected chi connectivity index (χ1v) is 8.50. The highest BCUT2D eigenvalue weighted by Crippen LogP contribution is 2.25. The summed E-state index contributed by atoms with van der Waals surface area (Å²) >= 11 is 12.0. The van der Waals surface area contributed by atoms with Crippen molar-refractivity contribution in [3.05, 3.63) is 33.8 Å². The number of piperidine rings is 1. The summed E-state index contributed by atoms with van der Waals surface area (Å²) in [6.07, 6.45) is 3.88. The van der Waals surface area contributed by atoms with Crippen molar-refractivity contribution >= 4 is 29.1 Å². The molecule has 1 aromatic rings. The first-order chi connectivity index (χ1) is 10.6. The van der Waals surface area contributed by atoms with E-state index < -0.39 is 0 Å². The SMILES string of the molecule is NCCC(=O)NCC1CCCCN1Cc1ccc(Cl)c(Cl)c1. The minimum absolute atomic E-state index is 0.0301. The van der Waals surface area contributed by atoms with E-state index in [0.717, 1.165) is 25.1 Å². The van der Waals surface area contributed by atoms with Crippen molar-refractivity contribution in [2.24, 2.45) is 5.73 Å². The summed E-state index contributed by atoms with van der Waals surface area (Å²) in [4.78, 5) is 14.0. The minimum Gasteiger partial charge on any atom is -0.354 e. The molecular weight excluding hydrogens is 321 g/mol. The maximum Gasteiger partial charge on any atom is 0.221 e. The lowest BCUT2D eigenvalue weighted by Crippen LogP contribution is -2.46. The van der Waals surface area contributed by atoms with Gasteiger partial charge in [-0.3, -0.25) is 9.69 Å². The number of carbonyl (C=O) groups excluding carboxylic acids is 1. The van der Waals surface area contributed by atoms with E-state index in [1.165, 1.54) is 12.8 Å². The van der Waals surface area contributed by atoms with Crippen molar-refractivity contribution in [3.8, 4) is 0 Å². The molecule has 1 aromatic carbocycles. The number of likely N-dealkylation sites (tertiary alicyclic amines) is 1. The second-order valence-electron chi connectivity index (χ2n) is 5.71. The molecule has 4 nitrogen and oxygen atoms in total. The second-order valence-corrected chi connectivity index (χ2v) is 6.53. The number of nitrogens with zero attached hydrogens (tertiary/aromatic N) is 1. The van der Waals surface area contributed by atoms with Crippen LogP contribution in [0.1, 0.15) is 31.2 Å². The van der Waals surface area contributed by atoms with E-state index in [2.05, 4.69) is 10.2 Å². The molecular formula is C16H23Cl2N3O. The van der Waals surface area contributed by atoms with Crippen molar-refractivity contribution in [2.75, 3.05) is 19.6 Å². The van der Waals surface area contributed by atoms with Gasteiger partial charge in [0, 0.05) is 32.1 Å². The molecule has 1 unspecified atom stereocenters. The highest BCUT2D eigenvalue weighted by molar-refractivity contribution is 6.42. The van der Waals surface area contributed by atoms with Gasteiger partial charge < -0.3 is 11.1 Å².